The molecule has 8 nitrogen and oxygen atoms in total. The molecule has 1 amide bonds. The Balaban J connectivity index is 1.85. The number of carbonyl (C=O) groups is 1. The van der Waals surface area contributed by atoms with E-state index in [4.69, 9.17) is 16.0 Å². The fourth-order valence-corrected chi connectivity index (χ4v) is 4.78. The molecule has 0 aliphatic rings. The van der Waals surface area contributed by atoms with Gasteiger partial charge < -0.3 is 9.73 Å². The standard InChI is InChI=1S/C27H25ClFN3O5S/c1-13-10-18(16(4)30-21-8-9-22(28)31-23(21)27(34)32-38(5,35)36)26-19(11-13)24(33)15(3)25(37-26)17-6-7-20(29)14(2)12-17/h6-12,16,30H,1-5H3,(H,32,34). The van der Waals surface area contributed by atoms with Crippen LogP contribution in [0.15, 0.2) is 51.7 Å². The molecule has 4 aromatic rings. The number of aromatic nitrogens is 1. The van der Waals surface area contributed by atoms with Gasteiger partial charge in [0.15, 0.2) is 11.1 Å². The zero-order valence-electron chi connectivity index (χ0n) is 21.3. The second kappa shape index (κ2) is 10.2. The molecular formula is C27H25ClFN3O5S. The maximum atomic E-state index is 13.9. The smallest absolute Gasteiger partial charge is 0.285 e. The van der Waals surface area contributed by atoms with Gasteiger partial charge in [-0.15, -0.1) is 0 Å². The number of aryl methyl sites for hydroxylation is 2. The van der Waals surface area contributed by atoms with Crippen LogP contribution in [0.5, 0.6) is 0 Å². The van der Waals surface area contributed by atoms with Gasteiger partial charge in [0.05, 0.1) is 23.4 Å². The first kappa shape index (κ1) is 27.3. The van der Waals surface area contributed by atoms with E-state index in [0.717, 1.165) is 11.8 Å². The van der Waals surface area contributed by atoms with E-state index < -0.39 is 22.0 Å². The lowest BCUT2D eigenvalue weighted by Gasteiger charge is -2.20. The van der Waals surface area contributed by atoms with Gasteiger partial charge in [0.25, 0.3) is 5.91 Å². The number of anilines is 1. The molecule has 0 saturated heterocycles. The van der Waals surface area contributed by atoms with Crippen molar-refractivity contribution in [2.24, 2.45) is 0 Å². The van der Waals surface area contributed by atoms with Crippen LogP contribution in [0, 0.1) is 26.6 Å². The minimum Gasteiger partial charge on any atom is -0.455 e. The molecule has 1 unspecified atom stereocenters. The second-order valence-corrected chi connectivity index (χ2v) is 11.3. The molecule has 2 aromatic carbocycles. The number of sulfonamides is 1. The van der Waals surface area contributed by atoms with Gasteiger partial charge in [0, 0.05) is 16.7 Å². The third-order valence-electron chi connectivity index (χ3n) is 6.01. The fourth-order valence-electron chi connectivity index (χ4n) is 4.20. The number of rotatable bonds is 6. The molecule has 2 aromatic heterocycles. The maximum absolute atomic E-state index is 13.9. The Morgan fingerprint density at radius 1 is 1.11 bits per heavy atom. The number of amides is 1. The molecule has 0 saturated carbocycles. The Hall–Kier alpha value is -3.76. The van der Waals surface area contributed by atoms with Gasteiger partial charge in [-0.3, -0.25) is 9.59 Å². The summed E-state index contributed by atoms with van der Waals surface area (Å²) in [4.78, 5) is 30.0. The summed E-state index contributed by atoms with van der Waals surface area (Å²) >= 11 is 5.97. The molecule has 0 aliphatic carbocycles. The summed E-state index contributed by atoms with van der Waals surface area (Å²) in [6.45, 7) is 6.93. The van der Waals surface area contributed by atoms with Gasteiger partial charge in [-0.25, -0.2) is 22.5 Å². The molecule has 0 fully saturated rings. The summed E-state index contributed by atoms with van der Waals surface area (Å²) in [5.41, 5.74) is 2.90. The van der Waals surface area contributed by atoms with Crippen LogP contribution in [0.25, 0.3) is 22.3 Å². The van der Waals surface area contributed by atoms with Crippen molar-refractivity contribution in [1.82, 2.24) is 9.71 Å². The molecule has 38 heavy (non-hydrogen) atoms. The van der Waals surface area contributed by atoms with E-state index in [-0.39, 0.29) is 27.8 Å². The SMILES string of the molecule is Cc1cc(C(C)Nc2ccc(Cl)nc2C(=O)NS(C)(=O)=O)c2oc(-c3ccc(F)c(C)c3)c(C)c(=O)c2c1. The van der Waals surface area contributed by atoms with Crippen molar-refractivity contribution in [1.29, 1.82) is 0 Å². The number of fused-ring (bicyclic) bond motifs is 1. The van der Waals surface area contributed by atoms with E-state index in [2.05, 4.69) is 10.3 Å². The van der Waals surface area contributed by atoms with Crippen LogP contribution >= 0.6 is 11.6 Å². The fraction of sp³-hybridized carbons (Fsp3) is 0.222. The number of hydrogen-bond donors (Lipinski definition) is 2. The zero-order chi connectivity index (χ0) is 27.9. The summed E-state index contributed by atoms with van der Waals surface area (Å²) < 4.78 is 45.3. The van der Waals surface area contributed by atoms with E-state index in [1.165, 1.54) is 18.2 Å². The number of benzene rings is 2. The molecule has 2 heterocycles. The average Bonchev–Trinajstić information content (AvgIpc) is 2.83. The Kier molecular flexibility index (Phi) is 7.31. The van der Waals surface area contributed by atoms with Gasteiger partial charge in [-0.1, -0.05) is 17.7 Å². The topological polar surface area (TPSA) is 118 Å². The van der Waals surface area contributed by atoms with Gasteiger partial charge in [-0.05, 0) is 75.2 Å². The number of nitrogens with zero attached hydrogens (tertiary/aromatic N) is 1. The largest absolute Gasteiger partial charge is 0.455 e. The number of nitrogens with one attached hydrogen (secondary N) is 2. The first-order valence-electron chi connectivity index (χ1n) is 11.5. The molecule has 2 N–H and O–H groups in total. The van der Waals surface area contributed by atoms with E-state index in [0.29, 0.717) is 39.0 Å². The van der Waals surface area contributed by atoms with Gasteiger partial charge in [0.1, 0.15) is 22.3 Å². The maximum Gasteiger partial charge on any atom is 0.285 e. The molecule has 0 bridgehead atoms. The van der Waals surface area contributed by atoms with Crippen molar-refractivity contribution in [2.75, 3.05) is 11.6 Å². The zero-order valence-corrected chi connectivity index (χ0v) is 22.8. The molecule has 4 rings (SSSR count). The molecular weight excluding hydrogens is 533 g/mol. The van der Waals surface area contributed by atoms with Crippen molar-refractivity contribution in [3.05, 3.63) is 91.6 Å². The lowest BCUT2D eigenvalue weighted by Crippen LogP contribution is -2.31. The van der Waals surface area contributed by atoms with Crippen LogP contribution in [-0.2, 0) is 10.0 Å². The lowest BCUT2D eigenvalue weighted by molar-refractivity contribution is 0.0977. The summed E-state index contributed by atoms with van der Waals surface area (Å²) in [7, 11) is -3.85. The quantitative estimate of drug-likeness (QED) is 0.303. The highest BCUT2D eigenvalue weighted by Crippen LogP contribution is 2.33. The molecule has 0 spiro atoms. The molecule has 0 aliphatic heterocycles. The average molecular weight is 558 g/mol. The van der Waals surface area contributed by atoms with Crippen molar-refractivity contribution < 1.29 is 22.0 Å². The Morgan fingerprint density at radius 3 is 2.47 bits per heavy atom. The minimum absolute atomic E-state index is 0.00330. The van der Waals surface area contributed by atoms with Crippen LogP contribution < -0.4 is 15.5 Å². The predicted octanol–water partition coefficient (Wildman–Crippen LogP) is 5.44. The summed E-state index contributed by atoms with van der Waals surface area (Å²) in [5.74, 6) is -0.991. The number of carbonyl (C=O) groups excluding carboxylic acids is 1. The predicted molar refractivity (Wildman–Crippen MR) is 146 cm³/mol. The first-order chi connectivity index (χ1) is 17.7. The number of pyridine rings is 1. The molecule has 0 radical (unpaired) electrons. The third-order valence-corrected chi connectivity index (χ3v) is 6.77. The second-order valence-electron chi connectivity index (χ2n) is 9.18. The minimum atomic E-state index is -3.85. The summed E-state index contributed by atoms with van der Waals surface area (Å²) in [6, 6.07) is 10.5. The van der Waals surface area contributed by atoms with Crippen molar-refractivity contribution in [3.63, 3.8) is 0 Å². The Morgan fingerprint density at radius 2 is 1.82 bits per heavy atom. The van der Waals surface area contributed by atoms with E-state index >= 15 is 0 Å². The van der Waals surface area contributed by atoms with Crippen LogP contribution in [0.2, 0.25) is 5.15 Å². The van der Waals surface area contributed by atoms with Gasteiger partial charge in [-0.2, -0.15) is 0 Å². The molecule has 198 valence electrons. The van der Waals surface area contributed by atoms with E-state index in [1.807, 2.05) is 17.7 Å². The normalized spacial score (nSPS) is 12.4. The number of halogens is 2. The number of hydrogen-bond acceptors (Lipinski definition) is 7. The van der Waals surface area contributed by atoms with E-state index in [9.17, 15) is 22.4 Å². The Labute approximate surface area is 223 Å². The van der Waals surface area contributed by atoms with Gasteiger partial charge >= 0.3 is 0 Å². The van der Waals surface area contributed by atoms with Crippen LogP contribution in [0.3, 0.4) is 0 Å². The summed E-state index contributed by atoms with van der Waals surface area (Å²) in [5, 5.41) is 3.54. The molecule has 1 atom stereocenters. The van der Waals surface area contributed by atoms with Crippen molar-refractivity contribution >= 4 is 44.2 Å². The van der Waals surface area contributed by atoms with Crippen LogP contribution in [0.1, 0.15) is 45.7 Å². The highest BCUT2D eigenvalue weighted by Gasteiger charge is 2.22. The third kappa shape index (κ3) is 5.56. The van der Waals surface area contributed by atoms with Crippen molar-refractivity contribution in [3.8, 4) is 11.3 Å². The van der Waals surface area contributed by atoms with Crippen molar-refractivity contribution in [2.45, 2.75) is 33.7 Å². The Bertz CT molecular complexity index is 1770. The van der Waals surface area contributed by atoms with Crippen LogP contribution in [0.4, 0.5) is 10.1 Å². The molecule has 11 heteroatoms. The first-order valence-corrected chi connectivity index (χ1v) is 13.8. The highest BCUT2D eigenvalue weighted by molar-refractivity contribution is 7.89. The van der Waals surface area contributed by atoms with Crippen LogP contribution in [-0.4, -0.2) is 25.6 Å². The van der Waals surface area contributed by atoms with E-state index in [1.54, 1.807) is 39.0 Å². The summed E-state index contributed by atoms with van der Waals surface area (Å²) in [6.07, 6.45) is 0.855. The highest BCUT2D eigenvalue weighted by atomic mass is 35.5. The van der Waals surface area contributed by atoms with Gasteiger partial charge in [0.2, 0.25) is 10.0 Å². The monoisotopic (exact) mass is 557 g/mol. The lowest BCUT2D eigenvalue weighted by atomic mass is 9.98.